The van der Waals surface area contributed by atoms with Gasteiger partial charge >= 0.3 is 12.3 Å². The molecule has 1 fully saturated rings. The zero-order valence-corrected chi connectivity index (χ0v) is 13.4. The fourth-order valence-electron chi connectivity index (χ4n) is 2.36. The van der Waals surface area contributed by atoms with Crippen LogP contribution in [-0.4, -0.2) is 35.7 Å². The van der Waals surface area contributed by atoms with Crippen LogP contribution in [0.15, 0.2) is 24.3 Å². The first-order valence-electron chi connectivity index (χ1n) is 7.46. The van der Waals surface area contributed by atoms with Gasteiger partial charge in [-0.1, -0.05) is 0 Å². The number of hydrogen-bond acceptors (Lipinski definition) is 3. The normalized spacial score (nSPS) is 18.9. The Balaban J connectivity index is 1.89. The summed E-state index contributed by atoms with van der Waals surface area (Å²) >= 11 is 0. The molecule has 4 nitrogen and oxygen atoms in total. The summed E-state index contributed by atoms with van der Waals surface area (Å²) in [4.78, 5) is 13.6. The number of carbonyl (C=O) groups is 1. The van der Waals surface area contributed by atoms with Gasteiger partial charge in [-0.2, -0.15) is 13.2 Å². The molecule has 23 heavy (non-hydrogen) atoms. The first kappa shape index (κ1) is 17.4. The zero-order valence-electron chi connectivity index (χ0n) is 13.4. The molecule has 128 valence electrons. The first-order chi connectivity index (χ1) is 10.5. The molecule has 0 aromatic heterocycles. The van der Waals surface area contributed by atoms with Gasteiger partial charge in [-0.3, -0.25) is 0 Å². The lowest BCUT2D eigenvalue weighted by Gasteiger charge is -2.24. The lowest BCUT2D eigenvalue weighted by Crippen LogP contribution is -2.36. The van der Waals surface area contributed by atoms with Crippen LogP contribution in [0.4, 0.5) is 23.7 Å². The van der Waals surface area contributed by atoms with Crippen LogP contribution in [0.1, 0.15) is 32.8 Å². The molecule has 1 aliphatic rings. The van der Waals surface area contributed by atoms with E-state index in [2.05, 4.69) is 5.32 Å². The number of nitrogens with zero attached hydrogens (tertiary/aromatic N) is 1. The molecule has 7 heteroatoms. The molecule has 1 heterocycles. The topological polar surface area (TPSA) is 41.6 Å². The highest BCUT2D eigenvalue weighted by molar-refractivity contribution is 5.68. The lowest BCUT2D eigenvalue weighted by molar-refractivity contribution is -0.137. The number of alkyl halides is 3. The molecule has 1 amide bonds. The van der Waals surface area contributed by atoms with E-state index in [1.165, 1.54) is 12.1 Å². The quantitative estimate of drug-likeness (QED) is 0.886. The van der Waals surface area contributed by atoms with Gasteiger partial charge in [0.1, 0.15) is 5.60 Å². The minimum atomic E-state index is -4.33. The smallest absolute Gasteiger partial charge is 0.416 e. The highest BCUT2D eigenvalue weighted by Crippen LogP contribution is 2.30. The Bertz CT molecular complexity index is 550. The van der Waals surface area contributed by atoms with Crippen LogP contribution in [0.3, 0.4) is 0 Å². The number of hydrogen-bond donors (Lipinski definition) is 1. The number of anilines is 1. The van der Waals surface area contributed by atoms with Crippen molar-refractivity contribution in [3.63, 3.8) is 0 Å². The molecular formula is C16H21F3N2O2. The molecule has 0 unspecified atom stereocenters. The zero-order chi connectivity index (χ0) is 17.3. The Labute approximate surface area is 133 Å². The Kier molecular flexibility index (Phi) is 4.77. The summed E-state index contributed by atoms with van der Waals surface area (Å²) in [6.45, 7) is 6.44. The van der Waals surface area contributed by atoms with E-state index in [1.54, 1.807) is 25.7 Å². The van der Waals surface area contributed by atoms with Crippen molar-refractivity contribution in [2.24, 2.45) is 0 Å². The second-order valence-corrected chi connectivity index (χ2v) is 6.63. The highest BCUT2D eigenvalue weighted by atomic mass is 19.4. The number of ether oxygens (including phenoxy) is 1. The molecule has 1 N–H and O–H groups in total. The van der Waals surface area contributed by atoms with Gasteiger partial charge in [0.2, 0.25) is 0 Å². The molecule has 0 aliphatic carbocycles. The number of halogens is 3. The Morgan fingerprint density at radius 1 is 1.22 bits per heavy atom. The minimum Gasteiger partial charge on any atom is -0.444 e. The summed E-state index contributed by atoms with van der Waals surface area (Å²) in [6, 6.07) is 4.89. The molecule has 1 saturated heterocycles. The van der Waals surface area contributed by atoms with Gasteiger partial charge in [0.25, 0.3) is 0 Å². The predicted octanol–water partition coefficient (Wildman–Crippen LogP) is 4.13. The lowest BCUT2D eigenvalue weighted by atomic mass is 10.2. The number of benzene rings is 1. The van der Waals surface area contributed by atoms with E-state index in [1.807, 2.05) is 0 Å². The van der Waals surface area contributed by atoms with E-state index in [-0.39, 0.29) is 12.1 Å². The maximum atomic E-state index is 12.5. The number of likely N-dealkylation sites (tertiary alicyclic amines) is 1. The fraction of sp³-hybridized carbons (Fsp3) is 0.562. The van der Waals surface area contributed by atoms with Gasteiger partial charge in [-0.05, 0) is 51.5 Å². The predicted molar refractivity (Wildman–Crippen MR) is 81.3 cm³/mol. The van der Waals surface area contributed by atoms with Crippen molar-refractivity contribution in [3.05, 3.63) is 29.8 Å². The maximum absolute atomic E-state index is 12.5. The Hall–Kier alpha value is -1.92. The molecule has 1 aromatic carbocycles. The van der Waals surface area contributed by atoms with Gasteiger partial charge in [-0.15, -0.1) is 0 Å². The Morgan fingerprint density at radius 3 is 2.35 bits per heavy atom. The van der Waals surface area contributed by atoms with Gasteiger partial charge in [0, 0.05) is 24.8 Å². The third kappa shape index (κ3) is 5.04. The number of nitrogens with one attached hydrogen (secondary N) is 1. The largest absolute Gasteiger partial charge is 0.444 e. The molecule has 1 atom stereocenters. The van der Waals surface area contributed by atoms with E-state index in [9.17, 15) is 18.0 Å². The summed E-state index contributed by atoms with van der Waals surface area (Å²) in [6.07, 6.45) is -3.98. The van der Waals surface area contributed by atoms with Crippen LogP contribution >= 0.6 is 0 Å². The summed E-state index contributed by atoms with van der Waals surface area (Å²) in [5.74, 6) is 0. The van der Waals surface area contributed by atoms with Crippen LogP contribution < -0.4 is 5.32 Å². The van der Waals surface area contributed by atoms with Crippen LogP contribution in [0.5, 0.6) is 0 Å². The third-order valence-corrected chi connectivity index (χ3v) is 3.42. The second kappa shape index (κ2) is 6.29. The SMILES string of the molecule is CC(C)(C)OC(=O)N1CC[C@H](Nc2ccc(C(F)(F)F)cc2)C1. The van der Waals surface area contributed by atoms with Gasteiger partial charge in [-0.25, -0.2) is 4.79 Å². The molecule has 0 saturated carbocycles. The molecule has 1 aliphatic heterocycles. The molecule has 0 bridgehead atoms. The first-order valence-corrected chi connectivity index (χ1v) is 7.46. The van der Waals surface area contributed by atoms with Crippen molar-refractivity contribution in [2.75, 3.05) is 18.4 Å². The van der Waals surface area contributed by atoms with Gasteiger partial charge in [0.15, 0.2) is 0 Å². The van der Waals surface area contributed by atoms with Crippen LogP contribution in [-0.2, 0) is 10.9 Å². The second-order valence-electron chi connectivity index (χ2n) is 6.63. The van der Waals surface area contributed by atoms with Crippen molar-refractivity contribution in [1.29, 1.82) is 0 Å². The highest BCUT2D eigenvalue weighted by Gasteiger charge is 2.31. The van der Waals surface area contributed by atoms with Crippen molar-refractivity contribution in [1.82, 2.24) is 4.90 Å². The van der Waals surface area contributed by atoms with Crippen molar-refractivity contribution in [2.45, 2.75) is 45.0 Å². The minimum absolute atomic E-state index is 0.000690. The van der Waals surface area contributed by atoms with Crippen LogP contribution in [0.2, 0.25) is 0 Å². The van der Waals surface area contributed by atoms with Crippen molar-refractivity contribution in [3.8, 4) is 0 Å². The molecule has 0 spiro atoms. The van der Waals surface area contributed by atoms with E-state index < -0.39 is 17.3 Å². The molecule has 2 rings (SSSR count). The van der Waals surface area contributed by atoms with E-state index in [0.717, 1.165) is 18.6 Å². The van der Waals surface area contributed by atoms with Crippen molar-refractivity contribution < 1.29 is 22.7 Å². The van der Waals surface area contributed by atoms with E-state index in [0.29, 0.717) is 18.8 Å². The van der Waals surface area contributed by atoms with Gasteiger partial charge < -0.3 is 15.0 Å². The number of amides is 1. The summed E-state index contributed by atoms with van der Waals surface area (Å²) in [5.41, 5.74) is -0.616. The summed E-state index contributed by atoms with van der Waals surface area (Å²) in [5, 5.41) is 3.15. The fourth-order valence-corrected chi connectivity index (χ4v) is 2.36. The van der Waals surface area contributed by atoms with E-state index in [4.69, 9.17) is 4.74 Å². The van der Waals surface area contributed by atoms with Crippen LogP contribution in [0, 0.1) is 0 Å². The van der Waals surface area contributed by atoms with E-state index >= 15 is 0 Å². The standard InChI is InChI=1S/C16H21F3N2O2/c1-15(2,3)23-14(22)21-9-8-13(10-21)20-12-6-4-11(5-7-12)16(17,18)19/h4-7,13,20H,8-10H2,1-3H3/t13-/m0/s1. The molecule has 0 radical (unpaired) electrons. The molecule has 1 aromatic rings. The maximum Gasteiger partial charge on any atom is 0.416 e. The Morgan fingerprint density at radius 2 is 1.83 bits per heavy atom. The monoisotopic (exact) mass is 330 g/mol. The average molecular weight is 330 g/mol. The molecular weight excluding hydrogens is 309 g/mol. The number of carbonyl (C=O) groups excluding carboxylic acids is 1. The van der Waals surface area contributed by atoms with Crippen molar-refractivity contribution >= 4 is 11.8 Å². The summed E-state index contributed by atoms with van der Waals surface area (Å²) < 4.78 is 42.9. The van der Waals surface area contributed by atoms with Gasteiger partial charge in [0.05, 0.1) is 5.56 Å². The summed E-state index contributed by atoms with van der Waals surface area (Å²) in [7, 11) is 0. The third-order valence-electron chi connectivity index (χ3n) is 3.42. The van der Waals surface area contributed by atoms with Crippen LogP contribution in [0.25, 0.3) is 0 Å². The number of rotatable bonds is 2. The average Bonchev–Trinajstić information content (AvgIpc) is 2.85.